The Hall–Kier alpha value is -1.20. The highest BCUT2D eigenvalue weighted by Gasteiger charge is 2.42. The van der Waals surface area contributed by atoms with Gasteiger partial charge in [0.25, 0.3) is 0 Å². The lowest BCUT2D eigenvalue weighted by Crippen LogP contribution is -2.53. The van der Waals surface area contributed by atoms with Crippen LogP contribution in [0.15, 0.2) is 23.1 Å². The summed E-state index contributed by atoms with van der Waals surface area (Å²) in [7, 11) is 0. The lowest BCUT2D eigenvalue weighted by atomic mass is 9.97. The number of aliphatic hydroxyl groups excluding tert-OH is 1. The Morgan fingerprint density at radius 1 is 1.48 bits per heavy atom. The number of nitrogens with one attached hydrogen (secondary N) is 2. The molecular weight excluding hydrogens is 284 g/mol. The van der Waals surface area contributed by atoms with Gasteiger partial charge in [0.05, 0.1) is 12.1 Å². The van der Waals surface area contributed by atoms with Crippen molar-refractivity contribution in [3.63, 3.8) is 0 Å². The van der Waals surface area contributed by atoms with E-state index < -0.39 is 5.54 Å². The van der Waals surface area contributed by atoms with Crippen molar-refractivity contribution in [3.8, 4) is 0 Å². The topological polar surface area (TPSA) is 61.4 Å². The van der Waals surface area contributed by atoms with Gasteiger partial charge in [0.2, 0.25) is 0 Å². The van der Waals surface area contributed by atoms with Crippen LogP contribution < -0.4 is 10.6 Å². The second kappa shape index (κ2) is 6.71. The van der Waals surface area contributed by atoms with Crippen molar-refractivity contribution in [2.45, 2.75) is 43.7 Å². The smallest absolute Gasteiger partial charge is 0.315 e. The van der Waals surface area contributed by atoms with Crippen LogP contribution in [0, 0.1) is 12.8 Å². The van der Waals surface area contributed by atoms with E-state index in [1.165, 1.54) is 10.5 Å². The van der Waals surface area contributed by atoms with E-state index in [-0.39, 0.29) is 12.6 Å². The number of carbonyl (C=O) groups is 1. The van der Waals surface area contributed by atoms with Crippen molar-refractivity contribution in [2.75, 3.05) is 12.9 Å². The van der Waals surface area contributed by atoms with Gasteiger partial charge in [-0.05, 0) is 56.1 Å². The van der Waals surface area contributed by atoms with Crippen LogP contribution in [-0.4, -0.2) is 29.5 Å². The molecule has 0 heterocycles. The van der Waals surface area contributed by atoms with Gasteiger partial charge in [-0.1, -0.05) is 12.1 Å². The van der Waals surface area contributed by atoms with Crippen molar-refractivity contribution in [1.82, 2.24) is 10.6 Å². The first kappa shape index (κ1) is 16.2. The highest BCUT2D eigenvalue weighted by molar-refractivity contribution is 7.98. The Morgan fingerprint density at radius 2 is 2.19 bits per heavy atom. The molecular formula is C16H24N2O2S. The van der Waals surface area contributed by atoms with E-state index in [1.807, 2.05) is 19.2 Å². The normalized spacial score (nSPS) is 17.1. The van der Waals surface area contributed by atoms with E-state index in [1.54, 1.807) is 11.8 Å². The van der Waals surface area contributed by atoms with Crippen LogP contribution >= 0.6 is 11.8 Å². The first-order chi connectivity index (χ1) is 9.98. The zero-order valence-electron chi connectivity index (χ0n) is 12.9. The molecule has 0 aromatic heterocycles. The summed E-state index contributed by atoms with van der Waals surface area (Å²) in [5.74, 6) is 0.398. The summed E-state index contributed by atoms with van der Waals surface area (Å²) in [6.07, 6.45) is 4.19. The minimum atomic E-state index is -0.500. The zero-order valence-corrected chi connectivity index (χ0v) is 13.7. The molecule has 1 aliphatic rings. The average molecular weight is 308 g/mol. The summed E-state index contributed by atoms with van der Waals surface area (Å²) in [5, 5.41) is 15.3. The highest BCUT2D eigenvalue weighted by Crippen LogP contribution is 2.39. The third-order valence-corrected chi connectivity index (χ3v) is 4.91. The molecule has 4 nitrogen and oxygen atoms in total. The maximum absolute atomic E-state index is 12.0. The second-order valence-corrected chi connectivity index (χ2v) is 6.82. The fraction of sp³-hybridized carbons (Fsp3) is 0.562. The van der Waals surface area contributed by atoms with Crippen LogP contribution in [0.1, 0.15) is 30.9 Å². The third kappa shape index (κ3) is 4.14. The SMILES string of the molecule is CSc1cc(C)ccc1CNC(=O)NC(C)(CO)C1CC1. The van der Waals surface area contributed by atoms with E-state index >= 15 is 0 Å². The molecule has 0 saturated heterocycles. The zero-order chi connectivity index (χ0) is 15.5. The first-order valence-electron chi connectivity index (χ1n) is 7.29. The summed E-state index contributed by atoms with van der Waals surface area (Å²) in [5.41, 5.74) is 1.83. The molecule has 21 heavy (non-hydrogen) atoms. The van der Waals surface area contributed by atoms with Gasteiger partial charge in [0.1, 0.15) is 0 Å². The Balaban J connectivity index is 1.92. The number of hydrogen-bond acceptors (Lipinski definition) is 3. The van der Waals surface area contributed by atoms with Crippen molar-refractivity contribution in [2.24, 2.45) is 5.92 Å². The van der Waals surface area contributed by atoms with Crippen LogP contribution in [0.3, 0.4) is 0 Å². The highest BCUT2D eigenvalue weighted by atomic mass is 32.2. The lowest BCUT2D eigenvalue weighted by molar-refractivity contribution is 0.155. The molecule has 1 fully saturated rings. The summed E-state index contributed by atoms with van der Waals surface area (Å²) in [6, 6.07) is 6.01. The van der Waals surface area contributed by atoms with Gasteiger partial charge in [-0.2, -0.15) is 0 Å². The monoisotopic (exact) mass is 308 g/mol. The Labute approximate surface area is 130 Å². The Kier molecular flexibility index (Phi) is 5.17. The standard InChI is InChI=1S/C16H24N2O2S/c1-11-4-5-12(14(8-11)21-3)9-17-15(20)18-16(2,10-19)13-6-7-13/h4-5,8,13,19H,6-7,9-10H2,1-3H3,(H2,17,18,20). The van der Waals surface area contributed by atoms with E-state index in [9.17, 15) is 9.90 Å². The van der Waals surface area contributed by atoms with Crippen LogP contribution in [0.2, 0.25) is 0 Å². The van der Waals surface area contributed by atoms with Gasteiger partial charge in [-0.15, -0.1) is 11.8 Å². The van der Waals surface area contributed by atoms with Crippen molar-refractivity contribution >= 4 is 17.8 Å². The van der Waals surface area contributed by atoms with Gasteiger partial charge in [0.15, 0.2) is 0 Å². The number of aryl methyl sites for hydroxylation is 1. The molecule has 1 saturated carbocycles. The average Bonchev–Trinajstić information content (AvgIpc) is 3.30. The van der Waals surface area contributed by atoms with E-state index in [0.29, 0.717) is 12.5 Å². The summed E-state index contributed by atoms with van der Waals surface area (Å²) in [6.45, 7) is 4.44. The number of benzene rings is 1. The van der Waals surface area contributed by atoms with Crippen LogP contribution in [0.25, 0.3) is 0 Å². The molecule has 1 aromatic carbocycles. The fourth-order valence-corrected chi connectivity index (χ4v) is 3.17. The van der Waals surface area contributed by atoms with Gasteiger partial charge >= 0.3 is 6.03 Å². The molecule has 5 heteroatoms. The quantitative estimate of drug-likeness (QED) is 0.708. The van der Waals surface area contributed by atoms with Gasteiger partial charge in [-0.25, -0.2) is 4.79 Å². The summed E-state index contributed by atoms with van der Waals surface area (Å²) < 4.78 is 0. The molecule has 116 valence electrons. The molecule has 3 N–H and O–H groups in total. The number of amides is 2. The molecule has 1 unspecified atom stereocenters. The number of urea groups is 1. The van der Waals surface area contributed by atoms with Gasteiger partial charge < -0.3 is 15.7 Å². The first-order valence-corrected chi connectivity index (χ1v) is 8.51. The van der Waals surface area contributed by atoms with E-state index in [0.717, 1.165) is 18.4 Å². The number of rotatable bonds is 6. The molecule has 0 spiro atoms. The Bertz CT molecular complexity index is 517. The second-order valence-electron chi connectivity index (χ2n) is 5.97. The number of thioether (sulfide) groups is 1. The molecule has 1 atom stereocenters. The number of hydrogen-bond donors (Lipinski definition) is 3. The maximum atomic E-state index is 12.0. The Morgan fingerprint density at radius 3 is 2.76 bits per heavy atom. The van der Waals surface area contributed by atoms with Crippen molar-refractivity contribution < 1.29 is 9.90 Å². The predicted molar refractivity (Wildman–Crippen MR) is 86.5 cm³/mol. The van der Waals surface area contributed by atoms with Gasteiger partial charge in [0, 0.05) is 11.4 Å². The molecule has 0 aliphatic heterocycles. The van der Waals surface area contributed by atoms with Crippen molar-refractivity contribution in [1.29, 1.82) is 0 Å². The third-order valence-electron chi connectivity index (χ3n) is 4.09. The molecule has 2 amide bonds. The molecule has 0 bridgehead atoms. The van der Waals surface area contributed by atoms with Crippen molar-refractivity contribution in [3.05, 3.63) is 29.3 Å². The maximum Gasteiger partial charge on any atom is 0.315 e. The van der Waals surface area contributed by atoms with Crippen LogP contribution in [0.4, 0.5) is 4.79 Å². The summed E-state index contributed by atoms with van der Waals surface area (Å²) in [4.78, 5) is 13.2. The van der Waals surface area contributed by atoms with E-state index in [4.69, 9.17) is 0 Å². The minimum Gasteiger partial charge on any atom is -0.394 e. The molecule has 2 rings (SSSR count). The lowest BCUT2D eigenvalue weighted by Gasteiger charge is -2.28. The van der Waals surface area contributed by atoms with Crippen LogP contribution in [0.5, 0.6) is 0 Å². The molecule has 1 aromatic rings. The summed E-state index contributed by atoms with van der Waals surface area (Å²) >= 11 is 1.68. The number of carbonyl (C=O) groups excluding carboxylic acids is 1. The molecule has 1 aliphatic carbocycles. The predicted octanol–water partition coefficient (Wildman–Crippen LogP) is 2.68. The van der Waals surface area contributed by atoms with Gasteiger partial charge in [-0.3, -0.25) is 0 Å². The van der Waals surface area contributed by atoms with Crippen LogP contribution in [-0.2, 0) is 6.54 Å². The largest absolute Gasteiger partial charge is 0.394 e. The molecule has 0 radical (unpaired) electrons. The fourth-order valence-electron chi connectivity index (χ4n) is 2.47. The van der Waals surface area contributed by atoms with E-state index in [2.05, 4.69) is 29.7 Å². The number of aliphatic hydroxyl groups is 1. The minimum absolute atomic E-state index is 0.0221.